The number of nitrogens with one attached hydrogen (secondary N) is 1. The number of hydrogen-bond donors (Lipinski definition) is 2. The highest BCUT2D eigenvalue weighted by atomic mass is 32.1. The molecule has 3 N–H and O–H groups in total. The Kier molecular flexibility index (Phi) is 6.70. The van der Waals surface area contributed by atoms with Gasteiger partial charge in [0, 0.05) is 11.4 Å². The van der Waals surface area contributed by atoms with Crippen LogP contribution in [0.3, 0.4) is 0 Å². The Bertz CT molecular complexity index is 863. The Labute approximate surface area is 169 Å². The van der Waals surface area contributed by atoms with E-state index in [1.54, 1.807) is 0 Å². The summed E-state index contributed by atoms with van der Waals surface area (Å²) < 4.78 is 5.78. The van der Waals surface area contributed by atoms with Gasteiger partial charge in [0.05, 0.1) is 12.1 Å². The van der Waals surface area contributed by atoms with E-state index in [0.717, 1.165) is 42.6 Å². The van der Waals surface area contributed by atoms with Crippen LogP contribution in [0.2, 0.25) is 0 Å². The molecule has 1 aromatic heterocycles. The fourth-order valence-electron chi connectivity index (χ4n) is 3.43. The number of ether oxygens (including phenoxy) is 1. The van der Waals surface area contributed by atoms with Crippen LogP contribution in [0.4, 0.5) is 5.00 Å². The SMILES string of the molecule is Cc1ccccc1OCCN(C)CC(=O)Nc1sc2c(c1C(N)=O)CCCC2. The van der Waals surface area contributed by atoms with Gasteiger partial charge >= 0.3 is 0 Å². The molecule has 3 rings (SSSR count). The van der Waals surface area contributed by atoms with E-state index < -0.39 is 5.91 Å². The maximum absolute atomic E-state index is 12.5. The quantitative estimate of drug-likeness (QED) is 0.712. The minimum atomic E-state index is -0.463. The molecule has 1 heterocycles. The third-order valence-corrected chi connectivity index (χ3v) is 6.12. The molecule has 7 heteroatoms. The van der Waals surface area contributed by atoms with Crippen molar-refractivity contribution in [1.29, 1.82) is 0 Å². The number of nitrogens with zero attached hydrogens (tertiary/aromatic N) is 1. The van der Waals surface area contributed by atoms with Crippen molar-refractivity contribution in [3.8, 4) is 5.75 Å². The molecule has 0 saturated carbocycles. The summed E-state index contributed by atoms with van der Waals surface area (Å²) >= 11 is 1.49. The van der Waals surface area contributed by atoms with Crippen molar-refractivity contribution in [2.75, 3.05) is 32.1 Å². The minimum Gasteiger partial charge on any atom is -0.492 e. The van der Waals surface area contributed by atoms with Crippen molar-refractivity contribution >= 4 is 28.2 Å². The number of anilines is 1. The average Bonchev–Trinajstić information content (AvgIpc) is 3.01. The Hall–Kier alpha value is -2.38. The van der Waals surface area contributed by atoms with Gasteiger partial charge in [-0.2, -0.15) is 0 Å². The molecule has 0 fully saturated rings. The van der Waals surface area contributed by atoms with Gasteiger partial charge in [0.1, 0.15) is 17.4 Å². The highest BCUT2D eigenvalue weighted by Gasteiger charge is 2.25. The lowest BCUT2D eigenvalue weighted by Gasteiger charge is -2.17. The summed E-state index contributed by atoms with van der Waals surface area (Å²) in [5.41, 5.74) is 8.19. The van der Waals surface area contributed by atoms with Crippen LogP contribution in [-0.4, -0.2) is 43.5 Å². The Morgan fingerprint density at radius 2 is 2.00 bits per heavy atom. The lowest BCUT2D eigenvalue weighted by Crippen LogP contribution is -2.33. The summed E-state index contributed by atoms with van der Waals surface area (Å²) in [5, 5.41) is 3.49. The average molecular weight is 402 g/mol. The van der Waals surface area contributed by atoms with E-state index in [2.05, 4.69) is 5.32 Å². The maximum atomic E-state index is 12.5. The van der Waals surface area contributed by atoms with Crippen LogP contribution in [0.25, 0.3) is 0 Å². The summed E-state index contributed by atoms with van der Waals surface area (Å²) in [5.74, 6) is 0.241. The number of amides is 2. The second kappa shape index (κ2) is 9.21. The monoisotopic (exact) mass is 401 g/mol. The molecule has 0 saturated heterocycles. The third kappa shape index (κ3) is 4.91. The number of nitrogens with two attached hydrogens (primary N) is 1. The molecule has 0 bridgehead atoms. The van der Waals surface area contributed by atoms with E-state index in [1.807, 2.05) is 43.1 Å². The molecule has 1 aliphatic carbocycles. The van der Waals surface area contributed by atoms with E-state index in [9.17, 15) is 9.59 Å². The van der Waals surface area contributed by atoms with Crippen LogP contribution < -0.4 is 15.8 Å². The first kappa shape index (κ1) is 20.4. The second-order valence-electron chi connectivity index (χ2n) is 7.18. The summed E-state index contributed by atoms with van der Waals surface area (Å²) in [7, 11) is 1.87. The van der Waals surface area contributed by atoms with Gasteiger partial charge < -0.3 is 15.8 Å². The molecule has 6 nitrogen and oxygen atoms in total. The van der Waals surface area contributed by atoms with Gasteiger partial charge in [-0.15, -0.1) is 11.3 Å². The van der Waals surface area contributed by atoms with Crippen LogP contribution >= 0.6 is 11.3 Å². The first-order valence-electron chi connectivity index (χ1n) is 9.57. The van der Waals surface area contributed by atoms with Crippen molar-refractivity contribution in [3.63, 3.8) is 0 Å². The third-order valence-electron chi connectivity index (χ3n) is 4.91. The van der Waals surface area contributed by atoms with Crippen LogP contribution in [0.1, 0.15) is 39.2 Å². The first-order chi connectivity index (χ1) is 13.5. The molecule has 0 radical (unpaired) electrons. The number of primary amides is 1. The number of carbonyl (C=O) groups is 2. The first-order valence-corrected chi connectivity index (χ1v) is 10.4. The highest BCUT2D eigenvalue weighted by Crippen LogP contribution is 2.37. The number of carbonyl (C=O) groups excluding carboxylic acids is 2. The number of fused-ring (bicyclic) bond motifs is 1. The molecule has 0 unspecified atom stereocenters. The number of rotatable bonds is 8. The predicted molar refractivity (Wildman–Crippen MR) is 112 cm³/mol. The Balaban J connectivity index is 1.53. The van der Waals surface area contributed by atoms with Gasteiger partial charge in [0.25, 0.3) is 5.91 Å². The molecule has 1 aromatic carbocycles. The van der Waals surface area contributed by atoms with E-state index in [1.165, 1.54) is 16.2 Å². The molecular weight excluding hydrogens is 374 g/mol. The number of aryl methyl sites for hydroxylation is 2. The summed E-state index contributed by atoms with van der Waals surface area (Å²) in [4.78, 5) is 27.4. The van der Waals surface area contributed by atoms with Crippen LogP contribution in [0.5, 0.6) is 5.75 Å². The van der Waals surface area contributed by atoms with Crippen LogP contribution in [-0.2, 0) is 17.6 Å². The van der Waals surface area contributed by atoms with Crippen molar-refractivity contribution in [2.45, 2.75) is 32.6 Å². The molecule has 28 heavy (non-hydrogen) atoms. The minimum absolute atomic E-state index is 0.153. The zero-order valence-electron chi connectivity index (χ0n) is 16.4. The molecule has 0 atom stereocenters. The largest absolute Gasteiger partial charge is 0.492 e. The maximum Gasteiger partial charge on any atom is 0.251 e. The summed E-state index contributed by atoms with van der Waals surface area (Å²) in [6.45, 7) is 3.33. The van der Waals surface area contributed by atoms with Crippen molar-refractivity contribution in [2.24, 2.45) is 5.73 Å². The van der Waals surface area contributed by atoms with Gasteiger partial charge in [-0.1, -0.05) is 18.2 Å². The lowest BCUT2D eigenvalue weighted by atomic mass is 9.95. The second-order valence-corrected chi connectivity index (χ2v) is 8.28. The topological polar surface area (TPSA) is 84.7 Å². The highest BCUT2D eigenvalue weighted by molar-refractivity contribution is 7.17. The van der Waals surface area contributed by atoms with Gasteiger partial charge in [-0.05, 0) is 56.8 Å². The molecule has 150 valence electrons. The molecular formula is C21H27N3O3S. The van der Waals surface area contributed by atoms with Crippen molar-refractivity contribution in [1.82, 2.24) is 4.90 Å². The number of benzene rings is 1. The number of hydrogen-bond acceptors (Lipinski definition) is 5. The van der Waals surface area contributed by atoms with E-state index in [4.69, 9.17) is 10.5 Å². The molecule has 1 aliphatic rings. The fraction of sp³-hybridized carbons (Fsp3) is 0.429. The van der Waals surface area contributed by atoms with Crippen molar-refractivity contribution in [3.05, 3.63) is 45.8 Å². The van der Waals surface area contributed by atoms with E-state index >= 15 is 0 Å². The van der Waals surface area contributed by atoms with Gasteiger partial charge in [-0.3, -0.25) is 14.5 Å². The number of likely N-dealkylation sites (N-methyl/N-ethyl adjacent to an activating group) is 1. The predicted octanol–water partition coefficient (Wildman–Crippen LogP) is 2.98. The Morgan fingerprint density at radius 3 is 2.75 bits per heavy atom. The fourth-order valence-corrected chi connectivity index (χ4v) is 4.75. The lowest BCUT2D eigenvalue weighted by molar-refractivity contribution is -0.117. The smallest absolute Gasteiger partial charge is 0.251 e. The molecule has 0 spiro atoms. The Morgan fingerprint density at radius 1 is 1.25 bits per heavy atom. The standard InChI is InChI=1S/C21H27N3O3S/c1-14-7-3-5-9-16(14)27-12-11-24(2)13-18(25)23-21-19(20(22)26)15-8-4-6-10-17(15)28-21/h3,5,7,9H,4,6,8,10-13H2,1-2H3,(H2,22,26)(H,23,25). The van der Waals surface area contributed by atoms with Crippen LogP contribution in [0, 0.1) is 6.92 Å². The number of thiophene rings is 1. The zero-order valence-corrected chi connectivity index (χ0v) is 17.2. The van der Waals surface area contributed by atoms with Gasteiger partial charge in [-0.25, -0.2) is 0 Å². The van der Waals surface area contributed by atoms with Gasteiger partial charge in [0.2, 0.25) is 5.91 Å². The number of para-hydroxylation sites is 1. The molecule has 0 aliphatic heterocycles. The molecule has 2 amide bonds. The zero-order chi connectivity index (χ0) is 20.1. The van der Waals surface area contributed by atoms with E-state index in [-0.39, 0.29) is 12.5 Å². The summed E-state index contributed by atoms with van der Waals surface area (Å²) in [6.07, 6.45) is 3.98. The normalized spacial score (nSPS) is 13.2. The van der Waals surface area contributed by atoms with E-state index in [0.29, 0.717) is 23.7 Å². The van der Waals surface area contributed by atoms with Gasteiger partial charge in [0.15, 0.2) is 0 Å². The van der Waals surface area contributed by atoms with Crippen LogP contribution in [0.15, 0.2) is 24.3 Å². The summed E-state index contributed by atoms with van der Waals surface area (Å²) in [6, 6.07) is 7.85. The molecule has 2 aromatic rings. The van der Waals surface area contributed by atoms with Crippen molar-refractivity contribution < 1.29 is 14.3 Å².